The summed E-state index contributed by atoms with van der Waals surface area (Å²) in [6, 6.07) is 7.50. The molecular formula is C26H39N5O3. The number of hydrogen-bond acceptors (Lipinski definition) is 5. The van der Waals surface area contributed by atoms with Gasteiger partial charge in [0.05, 0.1) is 6.04 Å². The zero-order valence-corrected chi connectivity index (χ0v) is 20.4. The van der Waals surface area contributed by atoms with E-state index in [2.05, 4.69) is 34.8 Å². The van der Waals surface area contributed by atoms with E-state index in [4.69, 9.17) is 0 Å². The average molecular weight is 470 g/mol. The van der Waals surface area contributed by atoms with E-state index in [-0.39, 0.29) is 35.8 Å². The normalized spacial score (nSPS) is 23.4. The Hall–Kier alpha value is -2.71. The lowest BCUT2D eigenvalue weighted by Crippen LogP contribution is -2.56. The molecule has 2 aliphatic heterocycles. The number of fused-ring (bicyclic) bond motifs is 1. The van der Waals surface area contributed by atoms with Crippen LogP contribution in [0.2, 0.25) is 0 Å². The van der Waals surface area contributed by atoms with Gasteiger partial charge in [-0.25, -0.2) is 0 Å². The van der Waals surface area contributed by atoms with Crippen molar-refractivity contribution in [2.75, 3.05) is 13.6 Å². The van der Waals surface area contributed by atoms with E-state index in [1.807, 2.05) is 36.2 Å². The molecule has 3 amide bonds. The van der Waals surface area contributed by atoms with Crippen molar-refractivity contribution in [3.63, 3.8) is 0 Å². The Morgan fingerprint density at radius 1 is 1.12 bits per heavy atom. The Balaban J connectivity index is 1.61. The van der Waals surface area contributed by atoms with E-state index in [9.17, 15) is 14.4 Å². The molecule has 0 saturated carbocycles. The Labute approximate surface area is 202 Å². The number of hydrogen-bond donors (Lipinski definition) is 4. The molecule has 4 N–H and O–H groups in total. The molecular weight excluding hydrogens is 430 g/mol. The number of carbonyl (C=O) groups is 3. The number of rotatable bonds is 10. The maximum absolute atomic E-state index is 13.5. The monoisotopic (exact) mass is 469 g/mol. The molecule has 2 fully saturated rings. The minimum absolute atomic E-state index is 0.0608. The van der Waals surface area contributed by atoms with Gasteiger partial charge in [0.1, 0.15) is 6.04 Å². The second-order valence-electron chi connectivity index (χ2n) is 9.39. The summed E-state index contributed by atoms with van der Waals surface area (Å²) < 4.78 is 0. The molecule has 8 heteroatoms. The predicted octanol–water partition coefficient (Wildman–Crippen LogP) is 1.60. The zero-order valence-electron chi connectivity index (χ0n) is 20.4. The molecule has 0 spiro atoms. The molecule has 2 heterocycles. The third-order valence-electron chi connectivity index (χ3n) is 6.91. The van der Waals surface area contributed by atoms with Gasteiger partial charge in [-0.3, -0.25) is 14.4 Å². The highest BCUT2D eigenvalue weighted by atomic mass is 16.2. The molecule has 0 aromatic heterocycles. The lowest BCUT2D eigenvalue weighted by atomic mass is 9.98. The van der Waals surface area contributed by atoms with Gasteiger partial charge in [0.2, 0.25) is 17.7 Å². The minimum atomic E-state index is -0.420. The van der Waals surface area contributed by atoms with Crippen LogP contribution >= 0.6 is 0 Å². The maximum atomic E-state index is 13.5. The number of carbonyl (C=O) groups excluding carboxylic acids is 3. The van der Waals surface area contributed by atoms with Crippen molar-refractivity contribution in [1.82, 2.24) is 26.2 Å². The number of likely N-dealkylation sites (N-methyl/N-ethyl adjacent to an activating group) is 1. The summed E-state index contributed by atoms with van der Waals surface area (Å²) in [6.07, 6.45) is 6.71. The summed E-state index contributed by atoms with van der Waals surface area (Å²) in [5.74, 6) is -0.254. The Kier molecular flexibility index (Phi) is 9.65. The van der Waals surface area contributed by atoms with Gasteiger partial charge in [0, 0.05) is 31.7 Å². The van der Waals surface area contributed by atoms with Gasteiger partial charge in [-0.05, 0) is 56.9 Å². The van der Waals surface area contributed by atoms with Crippen LogP contribution in [0.15, 0.2) is 36.9 Å². The SMILES string of the molecule is C=CC(=O)NCc1cccc(CNC(=O)[C@@H]2CC[C@@H]3CCCC[C@H](NC[C@H](C)NC)C(=O)N32)c1. The minimum Gasteiger partial charge on any atom is -0.350 e. The van der Waals surface area contributed by atoms with E-state index in [0.29, 0.717) is 26.1 Å². The fraction of sp³-hybridized carbons (Fsp3) is 0.577. The molecule has 0 aliphatic carbocycles. The van der Waals surface area contributed by atoms with Crippen LogP contribution in [0.25, 0.3) is 0 Å². The van der Waals surface area contributed by atoms with Crippen LogP contribution in [0.1, 0.15) is 56.6 Å². The number of nitrogens with one attached hydrogen (secondary N) is 4. The molecule has 3 rings (SSSR count). The smallest absolute Gasteiger partial charge is 0.243 e. The summed E-state index contributed by atoms with van der Waals surface area (Å²) in [4.78, 5) is 39.9. The summed E-state index contributed by atoms with van der Waals surface area (Å²) in [5.41, 5.74) is 1.90. The number of benzene rings is 1. The van der Waals surface area contributed by atoms with Gasteiger partial charge in [0.15, 0.2) is 0 Å². The van der Waals surface area contributed by atoms with Gasteiger partial charge in [0.25, 0.3) is 0 Å². The van der Waals surface area contributed by atoms with Gasteiger partial charge in [-0.15, -0.1) is 0 Å². The lowest BCUT2D eigenvalue weighted by Gasteiger charge is -2.35. The molecule has 34 heavy (non-hydrogen) atoms. The van der Waals surface area contributed by atoms with E-state index in [1.165, 1.54) is 6.08 Å². The molecule has 4 atom stereocenters. The summed E-state index contributed by atoms with van der Waals surface area (Å²) in [5, 5.41) is 12.4. The first-order valence-corrected chi connectivity index (χ1v) is 12.4. The standard InChI is InChI=1S/C26H39N5O3/c1-4-24(32)29-16-19-8-7-9-20(14-19)17-30-25(33)23-13-12-21-10-5-6-11-22(26(34)31(21)23)28-15-18(2)27-3/h4,7-9,14,18,21-23,27-28H,1,5-6,10-13,15-17H2,2-3H3,(H,29,32)(H,30,33)/t18-,21-,22-,23-/m0/s1. The largest absolute Gasteiger partial charge is 0.350 e. The van der Waals surface area contributed by atoms with E-state index in [0.717, 1.165) is 43.2 Å². The van der Waals surface area contributed by atoms with Crippen molar-refractivity contribution in [2.45, 2.75) is 82.7 Å². The van der Waals surface area contributed by atoms with Crippen LogP contribution in [0, 0.1) is 0 Å². The van der Waals surface area contributed by atoms with Crippen LogP contribution < -0.4 is 21.3 Å². The molecule has 1 aromatic rings. The molecule has 0 unspecified atom stereocenters. The fourth-order valence-electron chi connectivity index (χ4n) is 4.82. The Morgan fingerprint density at radius 2 is 1.82 bits per heavy atom. The van der Waals surface area contributed by atoms with Crippen molar-refractivity contribution >= 4 is 17.7 Å². The molecule has 1 aromatic carbocycles. The predicted molar refractivity (Wildman–Crippen MR) is 133 cm³/mol. The molecule has 2 aliphatic rings. The molecule has 8 nitrogen and oxygen atoms in total. The van der Waals surface area contributed by atoms with E-state index < -0.39 is 6.04 Å². The highest BCUT2D eigenvalue weighted by Crippen LogP contribution is 2.31. The second kappa shape index (κ2) is 12.7. The second-order valence-corrected chi connectivity index (χ2v) is 9.39. The zero-order chi connectivity index (χ0) is 24.5. The Bertz CT molecular complexity index is 874. The highest BCUT2D eigenvalue weighted by Gasteiger charge is 2.43. The van der Waals surface area contributed by atoms with Crippen LogP contribution in [0.3, 0.4) is 0 Å². The van der Waals surface area contributed by atoms with Crippen LogP contribution in [0.5, 0.6) is 0 Å². The third-order valence-corrected chi connectivity index (χ3v) is 6.91. The number of nitrogens with zero attached hydrogens (tertiary/aromatic N) is 1. The summed E-state index contributed by atoms with van der Waals surface area (Å²) in [6.45, 7) is 7.03. The van der Waals surface area contributed by atoms with Gasteiger partial charge in [-0.1, -0.05) is 43.7 Å². The van der Waals surface area contributed by atoms with Crippen molar-refractivity contribution < 1.29 is 14.4 Å². The number of amides is 3. The average Bonchev–Trinajstić information content (AvgIpc) is 3.27. The van der Waals surface area contributed by atoms with E-state index in [1.54, 1.807) is 0 Å². The van der Waals surface area contributed by atoms with Crippen LogP contribution in [0.4, 0.5) is 0 Å². The first kappa shape index (κ1) is 25.9. The first-order chi connectivity index (χ1) is 16.4. The topological polar surface area (TPSA) is 103 Å². The van der Waals surface area contributed by atoms with Crippen LogP contribution in [-0.2, 0) is 27.5 Å². The molecule has 2 saturated heterocycles. The maximum Gasteiger partial charge on any atom is 0.243 e. The third kappa shape index (κ3) is 6.90. The summed E-state index contributed by atoms with van der Waals surface area (Å²) in [7, 11) is 1.91. The van der Waals surface area contributed by atoms with E-state index >= 15 is 0 Å². The first-order valence-electron chi connectivity index (χ1n) is 12.4. The molecule has 0 bridgehead atoms. The molecule has 0 radical (unpaired) electrons. The van der Waals surface area contributed by atoms with Crippen molar-refractivity contribution in [3.05, 3.63) is 48.0 Å². The Morgan fingerprint density at radius 3 is 2.53 bits per heavy atom. The quantitative estimate of drug-likeness (QED) is 0.390. The van der Waals surface area contributed by atoms with Crippen LogP contribution in [-0.4, -0.2) is 60.4 Å². The van der Waals surface area contributed by atoms with Gasteiger partial charge >= 0.3 is 0 Å². The highest BCUT2D eigenvalue weighted by molar-refractivity contribution is 5.90. The summed E-state index contributed by atoms with van der Waals surface area (Å²) >= 11 is 0. The van der Waals surface area contributed by atoms with Gasteiger partial charge < -0.3 is 26.2 Å². The molecule has 186 valence electrons. The lowest BCUT2D eigenvalue weighted by molar-refractivity contribution is -0.143. The van der Waals surface area contributed by atoms with Crippen molar-refractivity contribution in [3.8, 4) is 0 Å². The fourth-order valence-corrected chi connectivity index (χ4v) is 4.82. The van der Waals surface area contributed by atoms with Crippen molar-refractivity contribution in [2.24, 2.45) is 0 Å². The van der Waals surface area contributed by atoms with Gasteiger partial charge in [-0.2, -0.15) is 0 Å². The van der Waals surface area contributed by atoms with Crippen molar-refractivity contribution in [1.29, 1.82) is 0 Å².